The maximum Gasteiger partial charge on any atom is 0.262 e. The fourth-order valence-electron chi connectivity index (χ4n) is 2.05. The molecule has 0 spiro atoms. The molecule has 0 bridgehead atoms. The average Bonchev–Trinajstić information content (AvgIpc) is 2.44. The molecular formula is C15H15Cl2NO3S. The van der Waals surface area contributed by atoms with Gasteiger partial charge in [-0.1, -0.05) is 23.2 Å². The predicted molar refractivity (Wildman–Crippen MR) is 89.7 cm³/mol. The van der Waals surface area contributed by atoms with Crippen LogP contribution in [0.5, 0.6) is 5.75 Å². The van der Waals surface area contributed by atoms with Crippen molar-refractivity contribution in [2.75, 3.05) is 11.8 Å². The molecule has 0 heterocycles. The zero-order valence-electron chi connectivity index (χ0n) is 12.3. The van der Waals surface area contributed by atoms with Gasteiger partial charge in [0, 0.05) is 5.02 Å². The lowest BCUT2D eigenvalue weighted by molar-refractivity contribution is 0.411. The average molecular weight is 360 g/mol. The summed E-state index contributed by atoms with van der Waals surface area (Å²) in [6, 6.07) is 7.84. The van der Waals surface area contributed by atoms with E-state index in [9.17, 15) is 8.42 Å². The number of halogens is 2. The normalized spacial score (nSPS) is 11.3. The van der Waals surface area contributed by atoms with Gasteiger partial charge in [0.05, 0.1) is 22.7 Å². The van der Waals surface area contributed by atoms with Gasteiger partial charge in [0.15, 0.2) is 0 Å². The molecule has 22 heavy (non-hydrogen) atoms. The maximum atomic E-state index is 12.6. The summed E-state index contributed by atoms with van der Waals surface area (Å²) in [5, 5.41) is 0.667. The minimum absolute atomic E-state index is 0.168. The molecule has 1 N–H and O–H groups in total. The Kier molecular flexibility index (Phi) is 4.90. The van der Waals surface area contributed by atoms with Crippen LogP contribution in [0.2, 0.25) is 10.0 Å². The van der Waals surface area contributed by atoms with Crippen LogP contribution >= 0.6 is 23.2 Å². The monoisotopic (exact) mass is 359 g/mol. The van der Waals surface area contributed by atoms with E-state index in [0.717, 1.165) is 5.56 Å². The van der Waals surface area contributed by atoms with Crippen LogP contribution in [0, 0.1) is 13.8 Å². The van der Waals surface area contributed by atoms with E-state index in [2.05, 4.69) is 4.72 Å². The molecule has 0 atom stereocenters. The maximum absolute atomic E-state index is 12.6. The van der Waals surface area contributed by atoms with Gasteiger partial charge in [0.2, 0.25) is 0 Å². The summed E-state index contributed by atoms with van der Waals surface area (Å²) in [6.07, 6.45) is 0. The van der Waals surface area contributed by atoms with E-state index in [-0.39, 0.29) is 15.6 Å². The number of hydrogen-bond acceptors (Lipinski definition) is 3. The van der Waals surface area contributed by atoms with Crippen LogP contribution in [0.1, 0.15) is 11.1 Å². The Morgan fingerprint density at radius 2 is 1.73 bits per heavy atom. The summed E-state index contributed by atoms with van der Waals surface area (Å²) in [4.78, 5) is 0.168. The van der Waals surface area contributed by atoms with Gasteiger partial charge < -0.3 is 4.74 Å². The summed E-state index contributed by atoms with van der Waals surface area (Å²) in [7, 11) is -2.24. The van der Waals surface area contributed by atoms with E-state index in [1.165, 1.54) is 12.1 Å². The molecule has 0 saturated carbocycles. The fraction of sp³-hybridized carbons (Fsp3) is 0.200. The van der Waals surface area contributed by atoms with Crippen LogP contribution < -0.4 is 9.46 Å². The Balaban J connectivity index is 2.47. The summed E-state index contributed by atoms with van der Waals surface area (Å²) >= 11 is 11.9. The molecule has 7 heteroatoms. The van der Waals surface area contributed by atoms with E-state index >= 15 is 0 Å². The first-order valence-corrected chi connectivity index (χ1v) is 8.61. The van der Waals surface area contributed by atoms with E-state index < -0.39 is 10.0 Å². The quantitative estimate of drug-likeness (QED) is 0.878. The second kappa shape index (κ2) is 6.36. The highest BCUT2D eigenvalue weighted by molar-refractivity contribution is 7.92. The van der Waals surface area contributed by atoms with Crippen molar-refractivity contribution in [2.45, 2.75) is 18.7 Å². The first kappa shape index (κ1) is 16.9. The van der Waals surface area contributed by atoms with E-state index in [0.29, 0.717) is 16.3 Å². The van der Waals surface area contributed by atoms with Crippen molar-refractivity contribution in [1.29, 1.82) is 0 Å². The molecule has 0 aliphatic carbocycles. The van der Waals surface area contributed by atoms with Crippen LogP contribution in [0.3, 0.4) is 0 Å². The van der Waals surface area contributed by atoms with Crippen LogP contribution in [0.4, 0.5) is 5.69 Å². The molecule has 4 nitrogen and oxygen atoms in total. The molecule has 2 aromatic rings. The molecule has 2 aromatic carbocycles. The lowest BCUT2D eigenvalue weighted by Crippen LogP contribution is -2.15. The molecule has 0 fully saturated rings. The van der Waals surface area contributed by atoms with Crippen molar-refractivity contribution in [3.8, 4) is 5.75 Å². The summed E-state index contributed by atoms with van der Waals surface area (Å²) in [5.74, 6) is 0.636. The second-order valence-corrected chi connectivity index (χ2v) is 7.31. The molecule has 0 saturated heterocycles. The lowest BCUT2D eigenvalue weighted by atomic mass is 10.1. The molecule has 0 aliphatic rings. The molecule has 0 amide bonds. The number of nitrogens with one attached hydrogen (secondary N) is 1. The number of aryl methyl sites for hydroxylation is 2. The highest BCUT2D eigenvalue weighted by Crippen LogP contribution is 2.30. The number of methoxy groups -OCH3 is 1. The van der Waals surface area contributed by atoms with Crippen LogP contribution in [-0.4, -0.2) is 15.5 Å². The molecule has 0 radical (unpaired) electrons. The zero-order valence-corrected chi connectivity index (χ0v) is 14.6. The van der Waals surface area contributed by atoms with Gasteiger partial charge in [0.1, 0.15) is 5.75 Å². The van der Waals surface area contributed by atoms with Crippen molar-refractivity contribution in [3.05, 3.63) is 51.5 Å². The third-order valence-corrected chi connectivity index (χ3v) is 5.23. The van der Waals surface area contributed by atoms with Crippen molar-refractivity contribution in [1.82, 2.24) is 0 Å². The van der Waals surface area contributed by atoms with Gasteiger partial charge in [-0.15, -0.1) is 0 Å². The Morgan fingerprint density at radius 3 is 2.36 bits per heavy atom. The van der Waals surface area contributed by atoms with Gasteiger partial charge >= 0.3 is 0 Å². The Hall–Kier alpha value is -1.43. The minimum atomic E-state index is -3.78. The fourth-order valence-corrected chi connectivity index (χ4v) is 3.82. The second-order valence-electron chi connectivity index (χ2n) is 4.82. The van der Waals surface area contributed by atoms with E-state index in [1.54, 1.807) is 39.2 Å². The van der Waals surface area contributed by atoms with Gasteiger partial charge in [-0.2, -0.15) is 0 Å². The lowest BCUT2D eigenvalue weighted by Gasteiger charge is -2.14. The van der Waals surface area contributed by atoms with Crippen LogP contribution in [0.25, 0.3) is 0 Å². The molecule has 0 aliphatic heterocycles. The van der Waals surface area contributed by atoms with Crippen molar-refractivity contribution in [2.24, 2.45) is 0 Å². The number of anilines is 1. The third-order valence-electron chi connectivity index (χ3n) is 3.15. The predicted octanol–water partition coefficient (Wildman–Crippen LogP) is 4.42. The number of rotatable bonds is 4. The molecule has 0 aromatic heterocycles. The van der Waals surface area contributed by atoms with E-state index in [1.807, 2.05) is 0 Å². The van der Waals surface area contributed by atoms with Crippen molar-refractivity contribution >= 4 is 38.9 Å². The molecule has 0 unspecified atom stereocenters. The van der Waals surface area contributed by atoms with Crippen molar-refractivity contribution in [3.63, 3.8) is 0 Å². The molecule has 118 valence electrons. The SMILES string of the molecule is COc1cc(C)c(S(=O)(=O)Nc2cc(Cl)ccc2Cl)cc1C. The van der Waals surface area contributed by atoms with Gasteiger partial charge in [0.25, 0.3) is 10.0 Å². The molecule has 2 rings (SSSR count). The Labute approximate surface area is 140 Å². The van der Waals surface area contributed by atoms with Gasteiger partial charge in [-0.25, -0.2) is 8.42 Å². The van der Waals surface area contributed by atoms with Crippen LogP contribution in [-0.2, 0) is 10.0 Å². The summed E-state index contributed by atoms with van der Waals surface area (Å²) < 4.78 is 32.8. The van der Waals surface area contributed by atoms with Gasteiger partial charge in [-0.05, 0) is 55.3 Å². The first-order valence-electron chi connectivity index (χ1n) is 6.37. The number of ether oxygens (including phenoxy) is 1. The first-order chi connectivity index (χ1) is 10.2. The largest absolute Gasteiger partial charge is 0.496 e. The Bertz CT molecular complexity index is 820. The summed E-state index contributed by atoms with van der Waals surface area (Å²) in [5.41, 5.74) is 1.54. The van der Waals surface area contributed by atoms with E-state index in [4.69, 9.17) is 27.9 Å². The standard InChI is InChI=1S/C15H15Cl2NO3S/c1-9-7-15(10(2)6-14(9)21-3)22(19,20)18-13-8-11(16)4-5-12(13)17/h4-8,18H,1-3H3. The number of benzene rings is 2. The third kappa shape index (κ3) is 3.48. The topological polar surface area (TPSA) is 55.4 Å². The van der Waals surface area contributed by atoms with Gasteiger partial charge in [-0.3, -0.25) is 4.72 Å². The number of sulfonamides is 1. The Morgan fingerprint density at radius 1 is 1.05 bits per heavy atom. The summed E-state index contributed by atoms with van der Waals surface area (Å²) in [6.45, 7) is 3.49. The zero-order chi connectivity index (χ0) is 16.5. The molecular weight excluding hydrogens is 345 g/mol. The highest BCUT2D eigenvalue weighted by Gasteiger charge is 2.20. The van der Waals surface area contributed by atoms with Crippen molar-refractivity contribution < 1.29 is 13.2 Å². The highest BCUT2D eigenvalue weighted by atomic mass is 35.5. The minimum Gasteiger partial charge on any atom is -0.496 e. The van der Waals surface area contributed by atoms with Crippen LogP contribution in [0.15, 0.2) is 35.2 Å². The smallest absolute Gasteiger partial charge is 0.262 e. The number of hydrogen-bond donors (Lipinski definition) is 1.